The maximum absolute atomic E-state index is 12.8. The van der Waals surface area contributed by atoms with Crippen LogP contribution in [-0.4, -0.2) is 26.3 Å². The van der Waals surface area contributed by atoms with Crippen LogP contribution in [0.1, 0.15) is 28.5 Å². The second-order valence-electron chi connectivity index (χ2n) is 6.14. The highest BCUT2D eigenvalue weighted by atomic mass is 127. The molecule has 1 aromatic heterocycles. The smallest absolute Gasteiger partial charge is 0.282 e. The highest BCUT2D eigenvalue weighted by molar-refractivity contribution is 14.1. The monoisotopic (exact) mass is 505 g/mol. The number of hydrogen-bond donors (Lipinski definition) is 2. The van der Waals surface area contributed by atoms with Crippen LogP contribution in [-0.2, 0) is 0 Å². The summed E-state index contributed by atoms with van der Waals surface area (Å²) in [5.41, 5.74) is 3.37. The third-order valence-corrected chi connectivity index (χ3v) is 4.91. The van der Waals surface area contributed by atoms with E-state index in [0.29, 0.717) is 16.9 Å². The number of aryl methyl sites for hydroxylation is 1. The molecule has 0 aliphatic heterocycles. The van der Waals surface area contributed by atoms with Gasteiger partial charge >= 0.3 is 0 Å². The normalized spacial score (nSPS) is 11.3. The Hall–Kier alpha value is -3.28. The van der Waals surface area contributed by atoms with Crippen LogP contribution in [0.2, 0.25) is 0 Å². The number of hydrazone groups is 1. The summed E-state index contributed by atoms with van der Waals surface area (Å²) in [4.78, 5) is 35.6. The first-order valence-electron chi connectivity index (χ1n) is 8.45. The van der Waals surface area contributed by atoms with Gasteiger partial charge in [0.15, 0.2) is 0 Å². The Balaban J connectivity index is 1.89. The number of H-pyrrole nitrogens is 1. The van der Waals surface area contributed by atoms with Gasteiger partial charge in [0.2, 0.25) is 0 Å². The van der Waals surface area contributed by atoms with E-state index in [4.69, 9.17) is 0 Å². The first-order chi connectivity index (χ1) is 13.8. The van der Waals surface area contributed by atoms with Gasteiger partial charge in [-0.15, -0.1) is 0 Å². The fourth-order valence-corrected chi connectivity index (χ4v) is 3.18. The van der Waals surface area contributed by atoms with Gasteiger partial charge in [-0.05, 0) is 66.8 Å². The summed E-state index contributed by atoms with van der Waals surface area (Å²) in [5, 5.41) is 18.0. The van der Waals surface area contributed by atoms with E-state index in [0.717, 1.165) is 3.57 Å². The Morgan fingerprint density at radius 1 is 1.21 bits per heavy atom. The Bertz CT molecular complexity index is 1180. The van der Waals surface area contributed by atoms with Crippen LogP contribution in [0.4, 0.5) is 5.69 Å². The molecule has 9 nitrogen and oxygen atoms in total. The zero-order valence-corrected chi connectivity index (χ0v) is 17.6. The lowest BCUT2D eigenvalue weighted by molar-refractivity contribution is -0.385. The van der Waals surface area contributed by atoms with Crippen molar-refractivity contribution in [2.24, 2.45) is 5.10 Å². The van der Waals surface area contributed by atoms with Gasteiger partial charge in [0.1, 0.15) is 5.56 Å². The van der Waals surface area contributed by atoms with Crippen LogP contribution in [0.25, 0.3) is 5.69 Å². The molecular weight excluding hydrogens is 489 g/mol. The number of para-hydroxylation sites is 1. The number of benzene rings is 2. The molecule has 2 N–H and O–H groups in total. The van der Waals surface area contributed by atoms with Gasteiger partial charge in [-0.25, -0.2) is 10.1 Å². The molecule has 0 aliphatic rings. The maximum atomic E-state index is 12.8. The molecule has 148 valence electrons. The van der Waals surface area contributed by atoms with Gasteiger partial charge in [0.05, 0.1) is 21.9 Å². The second kappa shape index (κ2) is 8.39. The van der Waals surface area contributed by atoms with E-state index in [1.54, 1.807) is 13.8 Å². The van der Waals surface area contributed by atoms with Crippen LogP contribution < -0.4 is 11.0 Å². The number of halogens is 1. The lowest BCUT2D eigenvalue weighted by atomic mass is 10.1. The van der Waals surface area contributed by atoms with Gasteiger partial charge < -0.3 is 0 Å². The summed E-state index contributed by atoms with van der Waals surface area (Å²) < 4.78 is 2.43. The van der Waals surface area contributed by atoms with Gasteiger partial charge in [-0.2, -0.15) is 5.10 Å². The number of aromatic amines is 1. The van der Waals surface area contributed by atoms with Crippen molar-refractivity contribution in [3.63, 3.8) is 0 Å². The fourth-order valence-electron chi connectivity index (χ4n) is 2.82. The molecule has 0 spiro atoms. The number of carbonyl (C=O) groups excluding carboxylic acids is 1. The summed E-state index contributed by atoms with van der Waals surface area (Å²) in [5.74, 6) is -0.734. The maximum Gasteiger partial charge on any atom is 0.282 e. The third-order valence-electron chi connectivity index (χ3n) is 4.19. The van der Waals surface area contributed by atoms with Crippen molar-refractivity contribution in [3.05, 3.63) is 89.4 Å². The van der Waals surface area contributed by atoms with Crippen molar-refractivity contribution in [3.8, 4) is 5.69 Å². The highest BCUT2D eigenvalue weighted by Crippen LogP contribution is 2.17. The molecule has 2 aromatic carbocycles. The Morgan fingerprint density at radius 2 is 1.86 bits per heavy atom. The lowest BCUT2D eigenvalue weighted by Crippen LogP contribution is -2.24. The van der Waals surface area contributed by atoms with E-state index in [-0.39, 0.29) is 22.5 Å². The Labute approximate surface area is 178 Å². The molecule has 0 bridgehead atoms. The van der Waals surface area contributed by atoms with Crippen molar-refractivity contribution in [1.29, 1.82) is 0 Å². The third kappa shape index (κ3) is 4.26. The molecule has 10 heteroatoms. The number of rotatable bonds is 5. The summed E-state index contributed by atoms with van der Waals surface area (Å²) in [6, 6.07) is 13.0. The second-order valence-corrected chi connectivity index (χ2v) is 7.39. The minimum atomic E-state index is -0.734. The molecule has 29 heavy (non-hydrogen) atoms. The predicted octanol–water partition coefficient (Wildman–Crippen LogP) is 3.14. The number of aromatic nitrogens is 2. The largest absolute Gasteiger partial charge is 0.295 e. The summed E-state index contributed by atoms with van der Waals surface area (Å²) >= 11 is 2.18. The average Bonchev–Trinajstić information content (AvgIpc) is 3.00. The number of hydrogen-bond acceptors (Lipinski definition) is 5. The van der Waals surface area contributed by atoms with Crippen LogP contribution in [0.15, 0.2) is 58.4 Å². The van der Waals surface area contributed by atoms with Gasteiger partial charge in [0.25, 0.3) is 17.2 Å². The topological polar surface area (TPSA) is 122 Å². The molecule has 0 unspecified atom stereocenters. The Kier molecular flexibility index (Phi) is 5.92. The summed E-state index contributed by atoms with van der Waals surface area (Å²) in [6.07, 6.45) is 0. The number of nitro benzene ring substituents is 1. The zero-order chi connectivity index (χ0) is 21.1. The number of amides is 1. The molecule has 0 saturated heterocycles. The van der Waals surface area contributed by atoms with Crippen molar-refractivity contribution in [1.82, 2.24) is 15.2 Å². The summed E-state index contributed by atoms with van der Waals surface area (Å²) in [6.45, 7) is 3.30. The van der Waals surface area contributed by atoms with E-state index in [9.17, 15) is 19.7 Å². The molecule has 0 fully saturated rings. The van der Waals surface area contributed by atoms with E-state index in [2.05, 4.69) is 38.2 Å². The molecule has 0 atom stereocenters. The number of carbonyl (C=O) groups is 1. The van der Waals surface area contributed by atoms with E-state index in [1.165, 1.54) is 28.9 Å². The molecule has 0 radical (unpaired) electrons. The SMILES string of the molecule is C/C(=N\NC(=O)c1ccccc1[N+](=O)[O-])c1c(C)[nH]n(-c2ccc(I)cc2)c1=O. The van der Waals surface area contributed by atoms with Gasteiger partial charge in [-0.3, -0.25) is 24.8 Å². The van der Waals surface area contributed by atoms with Gasteiger partial charge in [0, 0.05) is 15.3 Å². The highest BCUT2D eigenvalue weighted by Gasteiger charge is 2.20. The number of nitrogens with one attached hydrogen (secondary N) is 2. The van der Waals surface area contributed by atoms with Crippen LogP contribution in [0.3, 0.4) is 0 Å². The standard InChI is InChI=1S/C19H16IN5O4/c1-11(21-22-18(26)15-5-3-4-6-16(15)25(28)29)17-12(2)23-24(19(17)27)14-9-7-13(20)8-10-14/h3-10,23H,1-2H3,(H,22,26)/b21-11+. The lowest BCUT2D eigenvalue weighted by Gasteiger charge is -2.03. The first-order valence-corrected chi connectivity index (χ1v) is 9.53. The number of nitrogens with zero attached hydrogens (tertiary/aromatic N) is 3. The molecular formula is C19H16IN5O4. The van der Waals surface area contributed by atoms with Crippen LogP contribution in [0.5, 0.6) is 0 Å². The van der Waals surface area contributed by atoms with Crippen molar-refractivity contribution < 1.29 is 9.72 Å². The average molecular weight is 505 g/mol. The first kappa shape index (κ1) is 20.5. The van der Waals surface area contributed by atoms with Gasteiger partial charge in [-0.1, -0.05) is 12.1 Å². The Morgan fingerprint density at radius 3 is 2.52 bits per heavy atom. The minimum absolute atomic E-state index is 0.115. The van der Waals surface area contributed by atoms with Crippen LogP contribution >= 0.6 is 22.6 Å². The molecule has 3 rings (SSSR count). The van der Waals surface area contributed by atoms with E-state index in [1.807, 2.05) is 24.3 Å². The van der Waals surface area contributed by atoms with Crippen molar-refractivity contribution >= 4 is 39.9 Å². The minimum Gasteiger partial charge on any atom is -0.295 e. The van der Waals surface area contributed by atoms with Crippen LogP contribution in [0, 0.1) is 20.6 Å². The van der Waals surface area contributed by atoms with Crippen molar-refractivity contribution in [2.45, 2.75) is 13.8 Å². The molecule has 1 amide bonds. The quantitative estimate of drug-likeness (QED) is 0.240. The zero-order valence-electron chi connectivity index (χ0n) is 15.5. The molecule has 1 heterocycles. The fraction of sp³-hybridized carbons (Fsp3) is 0.105. The molecule has 0 saturated carbocycles. The number of nitro groups is 1. The molecule has 3 aromatic rings. The van der Waals surface area contributed by atoms with Crippen molar-refractivity contribution in [2.75, 3.05) is 0 Å². The van der Waals surface area contributed by atoms with E-state index < -0.39 is 10.8 Å². The summed E-state index contributed by atoms with van der Waals surface area (Å²) in [7, 11) is 0. The van der Waals surface area contributed by atoms with E-state index >= 15 is 0 Å². The molecule has 0 aliphatic carbocycles. The predicted molar refractivity (Wildman–Crippen MR) is 117 cm³/mol.